The summed E-state index contributed by atoms with van der Waals surface area (Å²) in [4.78, 5) is 4.37. The van der Waals surface area contributed by atoms with Crippen LogP contribution in [0.25, 0.3) is 22.0 Å². The highest BCUT2D eigenvalue weighted by atomic mass is 35.5. The Morgan fingerprint density at radius 1 is 1.05 bits per heavy atom. The third-order valence-corrected chi connectivity index (χ3v) is 3.58. The first kappa shape index (κ1) is 12.2. The fourth-order valence-corrected chi connectivity index (χ4v) is 2.49. The van der Waals surface area contributed by atoms with Crippen molar-refractivity contribution in [3.63, 3.8) is 0 Å². The molecule has 0 bridgehead atoms. The molecule has 3 aromatic rings. The number of benzene rings is 2. The van der Waals surface area contributed by atoms with Crippen molar-refractivity contribution >= 4 is 22.5 Å². The summed E-state index contributed by atoms with van der Waals surface area (Å²) in [6.45, 7) is 0.455. The van der Waals surface area contributed by atoms with Gasteiger partial charge in [0.1, 0.15) is 0 Å². The van der Waals surface area contributed by atoms with E-state index in [0.29, 0.717) is 11.6 Å². The number of fused-ring (bicyclic) bond motifs is 1. The van der Waals surface area contributed by atoms with Gasteiger partial charge in [-0.25, -0.2) is 0 Å². The van der Waals surface area contributed by atoms with Crippen molar-refractivity contribution in [1.29, 1.82) is 0 Å². The Hall–Kier alpha value is -1.90. The number of rotatable bonds is 2. The molecular formula is C16H13ClN2. The fraction of sp³-hybridized carbons (Fsp3) is 0.0625. The third kappa shape index (κ3) is 2.21. The molecule has 0 aliphatic carbocycles. The normalized spacial score (nSPS) is 10.8. The van der Waals surface area contributed by atoms with Crippen molar-refractivity contribution in [2.24, 2.45) is 5.73 Å². The van der Waals surface area contributed by atoms with Crippen LogP contribution in [0.1, 0.15) is 5.56 Å². The summed E-state index contributed by atoms with van der Waals surface area (Å²) < 4.78 is 0. The number of nitrogens with zero attached hydrogens (tertiary/aromatic N) is 1. The Morgan fingerprint density at radius 2 is 1.95 bits per heavy atom. The number of aromatic nitrogens is 1. The van der Waals surface area contributed by atoms with Gasteiger partial charge in [-0.05, 0) is 34.9 Å². The molecule has 3 rings (SSSR count). The zero-order chi connectivity index (χ0) is 13.2. The third-order valence-electron chi connectivity index (χ3n) is 3.23. The number of nitrogens with two attached hydrogens (primary N) is 1. The molecule has 0 spiro atoms. The van der Waals surface area contributed by atoms with Crippen molar-refractivity contribution in [2.75, 3.05) is 0 Å². The molecule has 94 valence electrons. The first-order chi connectivity index (χ1) is 9.29. The summed E-state index contributed by atoms with van der Waals surface area (Å²) in [6.07, 6.45) is 1.80. The summed E-state index contributed by atoms with van der Waals surface area (Å²) in [5, 5.41) is 1.84. The van der Waals surface area contributed by atoms with Crippen molar-refractivity contribution in [3.8, 4) is 11.1 Å². The van der Waals surface area contributed by atoms with Crippen LogP contribution in [0.4, 0.5) is 0 Å². The standard InChI is InChI=1S/C16H13ClN2/c17-15-9-11(6-7-12(15)10-18)13-3-1-5-16-14(13)4-2-8-19-16/h1-9H,10,18H2. The quantitative estimate of drug-likeness (QED) is 0.763. The average molecular weight is 269 g/mol. The molecule has 0 saturated carbocycles. The number of pyridine rings is 1. The molecule has 0 amide bonds. The van der Waals surface area contributed by atoms with Crippen molar-refractivity contribution in [3.05, 3.63) is 65.3 Å². The van der Waals surface area contributed by atoms with Gasteiger partial charge < -0.3 is 5.73 Å². The topological polar surface area (TPSA) is 38.9 Å². The van der Waals surface area contributed by atoms with E-state index in [4.69, 9.17) is 17.3 Å². The van der Waals surface area contributed by atoms with Gasteiger partial charge in [-0.1, -0.05) is 41.9 Å². The van der Waals surface area contributed by atoms with Gasteiger partial charge in [0.05, 0.1) is 5.52 Å². The van der Waals surface area contributed by atoms with Gasteiger partial charge in [-0.3, -0.25) is 4.98 Å². The van der Waals surface area contributed by atoms with E-state index in [0.717, 1.165) is 27.6 Å². The maximum atomic E-state index is 6.23. The second kappa shape index (κ2) is 5.00. The van der Waals surface area contributed by atoms with E-state index in [9.17, 15) is 0 Å². The van der Waals surface area contributed by atoms with E-state index in [2.05, 4.69) is 23.2 Å². The molecule has 2 N–H and O–H groups in total. The molecule has 2 nitrogen and oxygen atoms in total. The van der Waals surface area contributed by atoms with Gasteiger partial charge in [0, 0.05) is 23.2 Å². The predicted octanol–water partition coefficient (Wildman–Crippen LogP) is 4.01. The molecule has 1 aromatic heterocycles. The zero-order valence-electron chi connectivity index (χ0n) is 10.3. The van der Waals surface area contributed by atoms with Gasteiger partial charge in [-0.15, -0.1) is 0 Å². The Morgan fingerprint density at radius 3 is 2.74 bits per heavy atom. The van der Waals surface area contributed by atoms with Gasteiger partial charge in [-0.2, -0.15) is 0 Å². The molecule has 2 aromatic carbocycles. The van der Waals surface area contributed by atoms with E-state index in [1.54, 1.807) is 6.20 Å². The maximum absolute atomic E-state index is 6.23. The Labute approximate surface area is 116 Å². The highest BCUT2D eigenvalue weighted by Crippen LogP contribution is 2.30. The molecule has 0 fully saturated rings. The predicted molar refractivity (Wildman–Crippen MR) is 80.1 cm³/mol. The molecule has 3 heteroatoms. The van der Waals surface area contributed by atoms with E-state index in [-0.39, 0.29) is 0 Å². The summed E-state index contributed by atoms with van der Waals surface area (Å²) in [6, 6.07) is 16.1. The lowest BCUT2D eigenvalue weighted by atomic mass is 9.99. The second-order valence-corrected chi connectivity index (χ2v) is 4.79. The first-order valence-electron chi connectivity index (χ1n) is 6.12. The van der Waals surface area contributed by atoms with Crippen molar-refractivity contribution < 1.29 is 0 Å². The molecule has 0 unspecified atom stereocenters. The number of halogens is 1. The van der Waals surface area contributed by atoms with Gasteiger partial charge in [0.25, 0.3) is 0 Å². The Kier molecular flexibility index (Phi) is 3.20. The smallest absolute Gasteiger partial charge is 0.0708 e. The molecule has 1 heterocycles. The highest BCUT2D eigenvalue weighted by Gasteiger charge is 2.06. The Bertz CT molecular complexity index is 732. The molecule has 0 saturated heterocycles. The zero-order valence-corrected chi connectivity index (χ0v) is 11.1. The van der Waals surface area contributed by atoms with E-state index >= 15 is 0 Å². The summed E-state index contributed by atoms with van der Waals surface area (Å²) in [7, 11) is 0. The fourth-order valence-electron chi connectivity index (χ4n) is 2.24. The lowest BCUT2D eigenvalue weighted by Crippen LogP contribution is -1.97. The van der Waals surface area contributed by atoms with Gasteiger partial charge >= 0.3 is 0 Å². The van der Waals surface area contributed by atoms with Crippen LogP contribution in [-0.4, -0.2) is 4.98 Å². The Balaban J connectivity index is 2.22. The molecule has 0 radical (unpaired) electrons. The largest absolute Gasteiger partial charge is 0.326 e. The molecule has 0 aliphatic heterocycles. The highest BCUT2D eigenvalue weighted by molar-refractivity contribution is 6.31. The first-order valence-corrected chi connectivity index (χ1v) is 6.50. The molecular weight excluding hydrogens is 256 g/mol. The lowest BCUT2D eigenvalue weighted by Gasteiger charge is -2.08. The van der Waals surface area contributed by atoms with Crippen LogP contribution in [0, 0.1) is 0 Å². The van der Waals surface area contributed by atoms with Crippen LogP contribution in [-0.2, 0) is 6.54 Å². The second-order valence-electron chi connectivity index (χ2n) is 4.39. The molecule has 0 aliphatic rings. The SMILES string of the molecule is NCc1ccc(-c2cccc3ncccc23)cc1Cl. The summed E-state index contributed by atoms with van der Waals surface area (Å²) in [5.74, 6) is 0. The van der Waals surface area contributed by atoms with Crippen LogP contribution in [0.15, 0.2) is 54.7 Å². The minimum Gasteiger partial charge on any atom is -0.326 e. The van der Waals surface area contributed by atoms with Crippen molar-refractivity contribution in [1.82, 2.24) is 4.98 Å². The lowest BCUT2D eigenvalue weighted by molar-refractivity contribution is 1.07. The molecule has 19 heavy (non-hydrogen) atoms. The minimum atomic E-state index is 0.455. The van der Waals surface area contributed by atoms with Crippen LogP contribution < -0.4 is 5.73 Å². The van der Waals surface area contributed by atoms with Crippen LogP contribution in [0.3, 0.4) is 0 Å². The monoisotopic (exact) mass is 268 g/mol. The van der Waals surface area contributed by atoms with Crippen LogP contribution in [0.5, 0.6) is 0 Å². The number of hydrogen-bond donors (Lipinski definition) is 1. The van der Waals surface area contributed by atoms with Crippen LogP contribution in [0.2, 0.25) is 5.02 Å². The molecule has 0 atom stereocenters. The average Bonchev–Trinajstić information content (AvgIpc) is 2.46. The van der Waals surface area contributed by atoms with E-state index < -0.39 is 0 Å². The summed E-state index contributed by atoms with van der Waals surface area (Å²) in [5.41, 5.74) is 9.80. The van der Waals surface area contributed by atoms with Crippen molar-refractivity contribution in [2.45, 2.75) is 6.54 Å². The van der Waals surface area contributed by atoms with Crippen LogP contribution >= 0.6 is 11.6 Å². The minimum absolute atomic E-state index is 0.455. The van der Waals surface area contributed by atoms with Gasteiger partial charge in [0.2, 0.25) is 0 Å². The van der Waals surface area contributed by atoms with E-state index in [1.807, 2.05) is 30.3 Å². The number of hydrogen-bond acceptors (Lipinski definition) is 2. The maximum Gasteiger partial charge on any atom is 0.0708 e. The summed E-state index contributed by atoms with van der Waals surface area (Å²) >= 11 is 6.23. The van der Waals surface area contributed by atoms with Gasteiger partial charge in [0.15, 0.2) is 0 Å². The van der Waals surface area contributed by atoms with E-state index in [1.165, 1.54) is 0 Å².